The summed E-state index contributed by atoms with van der Waals surface area (Å²) in [7, 11) is 0. The van der Waals surface area contributed by atoms with Crippen molar-refractivity contribution in [3.8, 4) is 5.75 Å². The van der Waals surface area contributed by atoms with Crippen molar-refractivity contribution in [2.45, 2.75) is 0 Å². The van der Waals surface area contributed by atoms with Gasteiger partial charge in [-0.3, -0.25) is 0 Å². The molecule has 8 heteroatoms. The highest BCUT2D eigenvalue weighted by atomic mass is 35.5. The number of aromatic carboxylic acids is 2. The van der Waals surface area contributed by atoms with E-state index in [9.17, 15) is 9.59 Å². The van der Waals surface area contributed by atoms with Crippen LogP contribution in [0.3, 0.4) is 0 Å². The summed E-state index contributed by atoms with van der Waals surface area (Å²) in [4.78, 5) is 20.7. The number of hydrogen-bond donors (Lipinski definition) is 5. The number of phenols is 1. The number of anilines is 2. The Hall–Kier alpha value is -2.93. The van der Waals surface area contributed by atoms with Gasteiger partial charge in [0.2, 0.25) is 0 Å². The SMILES string of the molecule is Nc1ccc(C(=O)O)c(Cl)c1.Nc1ccc(C(=O)O)c(O)c1. The Morgan fingerprint density at radius 1 is 0.864 bits per heavy atom. The van der Waals surface area contributed by atoms with Crippen molar-refractivity contribution in [3.63, 3.8) is 0 Å². The Kier molecular flexibility index (Phi) is 5.59. The van der Waals surface area contributed by atoms with Crippen molar-refractivity contribution in [1.29, 1.82) is 0 Å². The van der Waals surface area contributed by atoms with Crippen LogP contribution in [-0.4, -0.2) is 27.3 Å². The van der Waals surface area contributed by atoms with Crippen LogP contribution in [0.5, 0.6) is 5.75 Å². The maximum absolute atomic E-state index is 10.4. The summed E-state index contributed by atoms with van der Waals surface area (Å²) in [5, 5.41) is 26.2. The molecule has 0 aliphatic heterocycles. The highest BCUT2D eigenvalue weighted by molar-refractivity contribution is 6.33. The summed E-state index contributed by atoms with van der Waals surface area (Å²) >= 11 is 5.56. The molecule has 0 bridgehead atoms. The fourth-order valence-electron chi connectivity index (χ4n) is 1.43. The predicted molar refractivity (Wildman–Crippen MR) is 82.3 cm³/mol. The molecule has 0 amide bonds. The second-order valence-corrected chi connectivity index (χ2v) is 4.53. The van der Waals surface area contributed by atoms with Gasteiger partial charge in [-0.2, -0.15) is 0 Å². The third-order valence-electron chi connectivity index (χ3n) is 2.48. The van der Waals surface area contributed by atoms with E-state index in [1.807, 2.05) is 0 Å². The average Bonchev–Trinajstić information content (AvgIpc) is 2.38. The number of hydrogen-bond acceptors (Lipinski definition) is 5. The number of carboxylic acids is 2. The number of carbonyl (C=O) groups is 2. The lowest BCUT2D eigenvalue weighted by atomic mass is 10.2. The van der Waals surface area contributed by atoms with Gasteiger partial charge in [0.05, 0.1) is 10.6 Å². The first kappa shape index (κ1) is 17.1. The second-order valence-electron chi connectivity index (χ2n) is 4.13. The fourth-order valence-corrected chi connectivity index (χ4v) is 1.70. The molecule has 0 saturated carbocycles. The lowest BCUT2D eigenvalue weighted by molar-refractivity contribution is 0.0684. The van der Waals surface area contributed by atoms with Crippen molar-refractivity contribution >= 4 is 34.9 Å². The summed E-state index contributed by atoms with van der Waals surface area (Å²) < 4.78 is 0. The van der Waals surface area contributed by atoms with Gasteiger partial charge in [0.25, 0.3) is 0 Å². The molecule has 7 nitrogen and oxygen atoms in total. The van der Waals surface area contributed by atoms with Gasteiger partial charge in [0, 0.05) is 17.4 Å². The van der Waals surface area contributed by atoms with Crippen LogP contribution in [0.1, 0.15) is 20.7 Å². The van der Waals surface area contributed by atoms with Crippen molar-refractivity contribution in [3.05, 3.63) is 52.5 Å². The molecule has 2 rings (SSSR count). The topological polar surface area (TPSA) is 147 Å². The smallest absolute Gasteiger partial charge is 0.339 e. The van der Waals surface area contributed by atoms with Crippen LogP contribution < -0.4 is 11.5 Å². The van der Waals surface area contributed by atoms with E-state index < -0.39 is 11.9 Å². The largest absolute Gasteiger partial charge is 0.507 e. The minimum Gasteiger partial charge on any atom is -0.507 e. The van der Waals surface area contributed by atoms with Crippen LogP contribution in [0.4, 0.5) is 11.4 Å². The molecule has 2 aromatic carbocycles. The van der Waals surface area contributed by atoms with E-state index in [1.165, 1.54) is 36.4 Å². The van der Waals surface area contributed by atoms with Crippen molar-refractivity contribution in [1.82, 2.24) is 0 Å². The molecule has 0 aliphatic rings. The van der Waals surface area contributed by atoms with Crippen LogP contribution in [-0.2, 0) is 0 Å². The number of carboxylic acid groups (broad SMARTS) is 2. The molecule has 0 unspecified atom stereocenters. The predicted octanol–water partition coefficient (Wildman–Crippen LogP) is 2.29. The standard InChI is InChI=1S/C7H6ClNO2.C7H7NO3/c8-6-3-4(9)1-2-5(6)7(10)11;8-4-1-2-5(7(10)11)6(9)3-4/h1-3H,9H2,(H,10,11);1-3,9H,8H2,(H,10,11). The molecular formula is C14H13ClN2O5. The van der Waals surface area contributed by atoms with Crippen LogP contribution in [0.2, 0.25) is 5.02 Å². The first-order valence-electron chi connectivity index (χ1n) is 5.82. The maximum Gasteiger partial charge on any atom is 0.339 e. The maximum atomic E-state index is 10.4. The summed E-state index contributed by atoms with van der Waals surface area (Å²) in [6.07, 6.45) is 0. The summed E-state index contributed by atoms with van der Waals surface area (Å²) in [5.74, 6) is -2.52. The number of aromatic hydroxyl groups is 1. The Labute approximate surface area is 130 Å². The third kappa shape index (κ3) is 4.57. The van der Waals surface area contributed by atoms with Gasteiger partial charge < -0.3 is 26.8 Å². The van der Waals surface area contributed by atoms with E-state index in [2.05, 4.69) is 0 Å². The Morgan fingerprint density at radius 3 is 1.73 bits per heavy atom. The molecule has 0 spiro atoms. The molecule has 0 radical (unpaired) electrons. The summed E-state index contributed by atoms with van der Waals surface area (Å²) in [5.41, 5.74) is 11.4. The molecular weight excluding hydrogens is 312 g/mol. The molecule has 22 heavy (non-hydrogen) atoms. The number of benzene rings is 2. The van der Waals surface area contributed by atoms with E-state index in [4.69, 9.17) is 38.4 Å². The first-order chi connectivity index (χ1) is 10.2. The van der Waals surface area contributed by atoms with Crippen LogP contribution in [0.15, 0.2) is 36.4 Å². The van der Waals surface area contributed by atoms with Gasteiger partial charge in [-0.1, -0.05) is 11.6 Å². The zero-order valence-electron chi connectivity index (χ0n) is 11.2. The van der Waals surface area contributed by atoms with Gasteiger partial charge in [0.15, 0.2) is 0 Å². The van der Waals surface area contributed by atoms with Gasteiger partial charge in [0.1, 0.15) is 11.3 Å². The quantitative estimate of drug-likeness (QED) is 0.532. The Bertz CT molecular complexity index is 657. The van der Waals surface area contributed by atoms with Crippen molar-refractivity contribution < 1.29 is 24.9 Å². The monoisotopic (exact) mass is 324 g/mol. The molecule has 0 saturated heterocycles. The number of nitrogen functional groups attached to an aromatic ring is 2. The van der Waals surface area contributed by atoms with E-state index in [0.717, 1.165) is 0 Å². The minimum atomic E-state index is -1.16. The highest BCUT2D eigenvalue weighted by Gasteiger charge is 2.08. The Morgan fingerprint density at radius 2 is 1.32 bits per heavy atom. The number of nitrogens with two attached hydrogens (primary N) is 2. The van der Waals surface area contributed by atoms with Gasteiger partial charge in [-0.25, -0.2) is 9.59 Å². The molecule has 0 heterocycles. The molecule has 0 aromatic heterocycles. The molecule has 116 valence electrons. The third-order valence-corrected chi connectivity index (χ3v) is 2.79. The Balaban J connectivity index is 0.000000220. The molecule has 7 N–H and O–H groups in total. The zero-order chi connectivity index (χ0) is 16.9. The molecule has 2 aromatic rings. The normalized spacial score (nSPS) is 9.50. The number of rotatable bonds is 2. The number of halogens is 1. The molecule has 0 atom stereocenters. The lowest BCUT2D eigenvalue weighted by Gasteiger charge is -1.98. The van der Waals surface area contributed by atoms with Crippen LogP contribution in [0, 0.1) is 0 Å². The van der Waals surface area contributed by atoms with Gasteiger partial charge in [-0.15, -0.1) is 0 Å². The highest BCUT2D eigenvalue weighted by Crippen LogP contribution is 2.19. The summed E-state index contributed by atoms with van der Waals surface area (Å²) in [6.45, 7) is 0. The van der Waals surface area contributed by atoms with E-state index in [-0.39, 0.29) is 21.9 Å². The van der Waals surface area contributed by atoms with E-state index in [0.29, 0.717) is 11.4 Å². The van der Waals surface area contributed by atoms with Crippen molar-refractivity contribution in [2.75, 3.05) is 11.5 Å². The van der Waals surface area contributed by atoms with Crippen LogP contribution in [0.25, 0.3) is 0 Å². The van der Waals surface area contributed by atoms with E-state index in [1.54, 1.807) is 0 Å². The fraction of sp³-hybridized carbons (Fsp3) is 0. The first-order valence-corrected chi connectivity index (χ1v) is 6.20. The zero-order valence-corrected chi connectivity index (χ0v) is 11.9. The van der Waals surface area contributed by atoms with Gasteiger partial charge >= 0.3 is 11.9 Å². The van der Waals surface area contributed by atoms with Crippen molar-refractivity contribution in [2.24, 2.45) is 0 Å². The molecule has 0 aliphatic carbocycles. The average molecular weight is 325 g/mol. The lowest BCUT2D eigenvalue weighted by Crippen LogP contribution is -1.97. The second kappa shape index (κ2) is 7.19. The summed E-state index contributed by atoms with van der Waals surface area (Å²) in [6, 6.07) is 8.15. The molecule has 0 fully saturated rings. The van der Waals surface area contributed by atoms with Crippen LogP contribution >= 0.6 is 11.6 Å². The minimum absolute atomic E-state index is 0.0702. The van der Waals surface area contributed by atoms with E-state index >= 15 is 0 Å². The van der Waals surface area contributed by atoms with Gasteiger partial charge in [-0.05, 0) is 30.3 Å².